The summed E-state index contributed by atoms with van der Waals surface area (Å²) in [6.45, 7) is 5.05. The summed E-state index contributed by atoms with van der Waals surface area (Å²) < 4.78 is 0. The monoisotopic (exact) mass is 172 g/mol. The van der Waals surface area contributed by atoms with Gasteiger partial charge in [0.15, 0.2) is 0 Å². The van der Waals surface area contributed by atoms with E-state index < -0.39 is 5.54 Å². The molecule has 4 heteroatoms. The van der Waals surface area contributed by atoms with Gasteiger partial charge in [-0.05, 0) is 13.8 Å². The molecule has 0 rings (SSSR count). The topological polar surface area (TPSA) is 58.2 Å². The lowest BCUT2D eigenvalue weighted by Gasteiger charge is -2.24. The summed E-state index contributed by atoms with van der Waals surface area (Å²) >= 11 is 0. The highest BCUT2D eigenvalue weighted by atomic mass is 16.2. The van der Waals surface area contributed by atoms with Crippen LogP contribution in [0.4, 0.5) is 0 Å². The molecule has 4 nitrogen and oxygen atoms in total. The summed E-state index contributed by atoms with van der Waals surface area (Å²) in [4.78, 5) is 21.6. The third kappa shape index (κ3) is 4.71. The van der Waals surface area contributed by atoms with Crippen LogP contribution in [0.1, 0.15) is 27.2 Å². The van der Waals surface area contributed by atoms with Crippen molar-refractivity contribution in [1.82, 2.24) is 10.6 Å². The van der Waals surface area contributed by atoms with Gasteiger partial charge in [0.2, 0.25) is 11.8 Å². The second kappa shape index (κ2) is 4.09. The molecule has 0 aliphatic carbocycles. The Hall–Kier alpha value is -1.06. The van der Waals surface area contributed by atoms with E-state index in [2.05, 4.69) is 10.6 Å². The number of carbonyl (C=O) groups excluding carboxylic acids is 2. The molecule has 0 fully saturated rings. The Labute approximate surface area is 72.7 Å². The first-order valence-corrected chi connectivity index (χ1v) is 3.87. The molecule has 0 spiro atoms. The predicted octanol–water partition coefficient (Wildman–Crippen LogP) is 0.0372. The lowest BCUT2D eigenvalue weighted by Crippen LogP contribution is -2.45. The first kappa shape index (κ1) is 10.9. The number of hydrogen-bond acceptors (Lipinski definition) is 2. The molecule has 0 bridgehead atoms. The van der Waals surface area contributed by atoms with Gasteiger partial charge in [-0.15, -0.1) is 0 Å². The molecule has 0 saturated carbocycles. The molecule has 0 aromatic carbocycles. The van der Waals surface area contributed by atoms with Crippen LogP contribution in [0.15, 0.2) is 0 Å². The molecule has 0 aliphatic heterocycles. The maximum absolute atomic E-state index is 10.9. The van der Waals surface area contributed by atoms with E-state index in [-0.39, 0.29) is 11.8 Å². The molecule has 0 aliphatic rings. The smallest absolute Gasteiger partial charge is 0.222 e. The Morgan fingerprint density at radius 2 is 1.83 bits per heavy atom. The lowest BCUT2D eigenvalue weighted by atomic mass is 10.0. The molecule has 0 unspecified atom stereocenters. The SMILES string of the molecule is CNC(=O)CC(C)(C)NC(C)=O. The van der Waals surface area contributed by atoms with Crippen LogP contribution in [0.3, 0.4) is 0 Å². The average Bonchev–Trinajstić information content (AvgIpc) is 1.83. The summed E-state index contributed by atoms with van der Waals surface area (Å²) in [6.07, 6.45) is 0.295. The first-order valence-electron chi connectivity index (χ1n) is 3.87. The minimum Gasteiger partial charge on any atom is -0.359 e. The van der Waals surface area contributed by atoms with Crippen molar-refractivity contribution in [2.24, 2.45) is 0 Å². The fourth-order valence-corrected chi connectivity index (χ4v) is 1.01. The second-order valence-electron chi connectivity index (χ2n) is 3.42. The normalized spacial score (nSPS) is 10.7. The highest BCUT2D eigenvalue weighted by Crippen LogP contribution is 2.07. The van der Waals surface area contributed by atoms with Crippen LogP contribution in [0.25, 0.3) is 0 Å². The van der Waals surface area contributed by atoms with Crippen molar-refractivity contribution in [3.63, 3.8) is 0 Å². The summed E-state index contributed by atoms with van der Waals surface area (Å²) in [7, 11) is 1.58. The van der Waals surface area contributed by atoms with Crippen LogP contribution < -0.4 is 10.6 Å². The van der Waals surface area contributed by atoms with E-state index in [1.54, 1.807) is 7.05 Å². The Bertz CT molecular complexity index is 187. The first-order chi connectivity index (χ1) is 5.37. The molecule has 0 radical (unpaired) electrons. The van der Waals surface area contributed by atoms with Crippen LogP contribution in [-0.2, 0) is 9.59 Å². The van der Waals surface area contributed by atoms with E-state index in [0.29, 0.717) is 6.42 Å². The maximum atomic E-state index is 10.9. The van der Waals surface area contributed by atoms with Crippen LogP contribution in [0.2, 0.25) is 0 Å². The number of nitrogens with one attached hydrogen (secondary N) is 2. The van der Waals surface area contributed by atoms with E-state index in [0.717, 1.165) is 0 Å². The second-order valence-corrected chi connectivity index (χ2v) is 3.42. The van der Waals surface area contributed by atoms with Crippen molar-refractivity contribution in [1.29, 1.82) is 0 Å². The molecule has 12 heavy (non-hydrogen) atoms. The maximum Gasteiger partial charge on any atom is 0.222 e. The quantitative estimate of drug-likeness (QED) is 0.631. The molecular formula is C8H16N2O2. The van der Waals surface area contributed by atoms with Crippen molar-refractivity contribution in [3.8, 4) is 0 Å². The van der Waals surface area contributed by atoms with Gasteiger partial charge in [-0.3, -0.25) is 9.59 Å². The van der Waals surface area contributed by atoms with Gasteiger partial charge in [0.1, 0.15) is 0 Å². The van der Waals surface area contributed by atoms with E-state index in [9.17, 15) is 9.59 Å². The molecule has 0 atom stereocenters. The highest BCUT2D eigenvalue weighted by molar-refractivity contribution is 5.79. The molecule has 0 aromatic heterocycles. The Balaban J connectivity index is 4.03. The zero-order valence-corrected chi connectivity index (χ0v) is 8.02. The van der Waals surface area contributed by atoms with E-state index >= 15 is 0 Å². The zero-order valence-electron chi connectivity index (χ0n) is 8.02. The van der Waals surface area contributed by atoms with Gasteiger partial charge in [0.05, 0.1) is 0 Å². The van der Waals surface area contributed by atoms with Gasteiger partial charge >= 0.3 is 0 Å². The summed E-state index contributed by atoms with van der Waals surface area (Å²) in [5.41, 5.74) is -0.466. The fourth-order valence-electron chi connectivity index (χ4n) is 1.01. The molecule has 0 aromatic rings. The van der Waals surface area contributed by atoms with Gasteiger partial charge < -0.3 is 10.6 Å². The molecule has 2 amide bonds. The predicted molar refractivity (Wildman–Crippen MR) is 46.6 cm³/mol. The third-order valence-electron chi connectivity index (χ3n) is 1.40. The molecule has 2 N–H and O–H groups in total. The Morgan fingerprint density at radius 3 is 2.17 bits per heavy atom. The largest absolute Gasteiger partial charge is 0.359 e. The van der Waals surface area contributed by atoms with Crippen molar-refractivity contribution >= 4 is 11.8 Å². The van der Waals surface area contributed by atoms with Crippen molar-refractivity contribution in [2.75, 3.05) is 7.05 Å². The molecular weight excluding hydrogens is 156 g/mol. The van der Waals surface area contributed by atoms with Crippen molar-refractivity contribution in [3.05, 3.63) is 0 Å². The van der Waals surface area contributed by atoms with E-state index in [1.165, 1.54) is 6.92 Å². The van der Waals surface area contributed by atoms with Gasteiger partial charge in [-0.25, -0.2) is 0 Å². The molecule has 0 saturated heterocycles. The van der Waals surface area contributed by atoms with Crippen LogP contribution in [0, 0.1) is 0 Å². The third-order valence-corrected chi connectivity index (χ3v) is 1.40. The number of rotatable bonds is 3. The van der Waals surface area contributed by atoms with E-state index in [4.69, 9.17) is 0 Å². The molecule has 0 heterocycles. The number of hydrogen-bond donors (Lipinski definition) is 2. The fraction of sp³-hybridized carbons (Fsp3) is 0.750. The van der Waals surface area contributed by atoms with Gasteiger partial charge in [-0.1, -0.05) is 0 Å². The minimum absolute atomic E-state index is 0.0752. The van der Waals surface area contributed by atoms with Crippen LogP contribution in [-0.4, -0.2) is 24.4 Å². The minimum atomic E-state index is -0.466. The standard InChI is InChI=1S/C8H16N2O2/c1-6(11)10-8(2,3)5-7(12)9-4/h5H2,1-4H3,(H,9,12)(H,10,11). The number of amides is 2. The van der Waals surface area contributed by atoms with Gasteiger partial charge in [-0.2, -0.15) is 0 Å². The van der Waals surface area contributed by atoms with E-state index in [1.807, 2.05) is 13.8 Å². The van der Waals surface area contributed by atoms with Gasteiger partial charge in [0, 0.05) is 25.9 Å². The summed E-state index contributed by atoms with van der Waals surface area (Å²) in [5.74, 6) is -0.197. The van der Waals surface area contributed by atoms with Crippen LogP contribution in [0.5, 0.6) is 0 Å². The Morgan fingerprint density at radius 1 is 1.33 bits per heavy atom. The Kier molecular flexibility index (Phi) is 3.73. The summed E-state index contributed by atoms with van der Waals surface area (Å²) in [5, 5.41) is 5.19. The number of carbonyl (C=O) groups is 2. The highest BCUT2D eigenvalue weighted by Gasteiger charge is 2.21. The average molecular weight is 172 g/mol. The lowest BCUT2D eigenvalue weighted by molar-refractivity contribution is -0.123. The van der Waals surface area contributed by atoms with Crippen LogP contribution >= 0.6 is 0 Å². The summed E-state index contributed by atoms with van der Waals surface area (Å²) in [6, 6.07) is 0. The van der Waals surface area contributed by atoms with Crippen molar-refractivity contribution < 1.29 is 9.59 Å². The zero-order chi connectivity index (χ0) is 9.78. The molecule has 70 valence electrons. The van der Waals surface area contributed by atoms with Crippen molar-refractivity contribution in [2.45, 2.75) is 32.7 Å². The van der Waals surface area contributed by atoms with Gasteiger partial charge in [0.25, 0.3) is 0 Å².